The second kappa shape index (κ2) is 13.5. The van der Waals surface area contributed by atoms with Gasteiger partial charge in [-0.2, -0.15) is 10.2 Å². The number of nitrogens with two attached hydrogens (primary N) is 2. The molecule has 3 amide bonds. The highest BCUT2D eigenvalue weighted by molar-refractivity contribution is 5.99. The third-order valence-electron chi connectivity index (χ3n) is 7.34. The van der Waals surface area contributed by atoms with Crippen molar-refractivity contribution in [2.75, 3.05) is 33.5 Å². The fraction of sp³-hybridized carbons (Fsp3) is 0.0606. The third kappa shape index (κ3) is 6.79. The van der Waals surface area contributed by atoms with Gasteiger partial charge in [0.15, 0.2) is 11.6 Å². The summed E-state index contributed by atoms with van der Waals surface area (Å²) in [6, 6.07) is 21.9. The van der Waals surface area contributed by atoms with Crippen LogP contribution in [0.1, 0.15) is 6.92 Å². The van der Waals surface area contributed by atoms with Gasteiger partial charge in [0.25, 0.3) is 0 Å². The Morgan fingerprint density at radius 2 is 1.38 bits per heavy atom. The maximum absolute atomic E-state index is 12.1. The molecular weight excluding hydrogens is 612 g/mol. The Morgan fingerprint density at radius 3 is 1.96 bits per heavy atom. The Bertz CT molecular complexity index is 2230. The van der Waals surface area contributed by atoms with Crippen molar-refractivity contribution in [3.63, 3.8) is 0 Å². The molecule has 15 heteroatoms. The molecule has 5 heterocycles. The lowest BCUT2D eigenvalue weighted by Crippen LogP contribution is -2.29. The lowest BCUT2D eigenvalue weighted by atomic mass is 10.0. The van der Waals surface area contributed by atoms with Gasteiger partial charge in [-0.25, -0.2) is 19.6 Å². The number of nitrogen functional groups attached to an aromatic ring is 2. The smallest absolute Gasteiger partial charge is 0.412 e. The van der Waals surface area contributed by atoms with E-state index in [4.69, 9.17) is 11.5 Å². The van der Waals surface area contributed by atoms with Crippen LogP contribution in [0.4, 0.5) is 38.5 Å². The molecule has 0 atom stereocenters. The molecule has 7 aromatic rings. The van der Waals surface area contributed by atoms with Gasteiger partial charge < -0.3 is 21.9 Å². The average Bonchev–Trinajstić information content (AvgIpc) is 3.66. The predicted molar refractivity (Wildman–Crippen MR) is 185 cm³/mol. The molecule has 2 aromatic carbocycles. The number of urea groups is 1. The number of anilines is 5. The quantitative estimate of drug-likeness (QED) is 0.112. The number of pyridine rings is 3. The molecule has 0 unspecified atom stereocenters. The molecule has 0 saturated heterocycles. The van der Waals surface area contributed by atoms with Gasteiger partial charge in [0, 0.05) is 35.9 Å². The van der Waals surface area contributed by atoms with Gasteiger partial charge in [-0.15, -0.1) is 0 Å². The largest absolute Gasteiger partial charge is 0.465 e. The van der Waals surface area contributed by atoms with E-state index in [2.05, 4.69) is 46.0 Å². The number of carbonyl (C=O) groups is 2. The van der Waals surface area contributed by atoms with E-state index < -0.39 is 12.1 Å². The molecule has 0 fully saturated rings. The van der Waals surface area contributed by atoms with Gasteiger partial charge >= 0.3 is 12.1 Å². The van der Waals surface area contributed by atoms with Crippen molar-refractivity contribution in [2.24, 2.45) is 0 Å². The Balaban J connectivity index is 0.000000170. The first-order chi connectivity index (χ1) is 23.3. The summed E-state index contributed by atoms with van der Waals surface area (Å²) in [5.74, 6) is 1.72. The van der Waals surface area contributed by atoms with Gasteiger partial charge in [-0.05, 0) is 89.8 Å². The number of nitrogens with zero attached hydrogens (tertiary/aromatic N) is 6. The van der Waals surface area contributed by atoms with Gasteiger partial charge in [-0.3, -0.25) is 25.4 Å². The summed E-state index contributed by atoms with van der Waals surface area (Å²) in [7, 11) is 0. The molecular formula is C33H30N12O3. The molecule has 0 saturated carbocycles. The maximum atomic E-state index is 12.1. The Hall–Kier alpha value is -7.03. The van der Waals surface area contributed by atoms with Gasteiger partial charge in [0.05, 0.1) is 22.9 Å². The molecule has 15 nitrogen and oxygen atoms in total. The number of carbonyl (C=O) groups excluding carboxylic acids is 1. The number of benzene rings is 2. The first kappa shape index (κ1) is 31.0. The van der Waals surface area contributed by atoms with Crippen molar-refractivity contribution < 1.29 is 14.7 Å². The second-order valence-corrected chi connectivity index (χ2v) is 10.4. The van der Waals surface area contributed by atoms with Crippen LogP contribution in [0.25, 0.3) is 44.1 Å². The molecule has 0 aliphatic heterocycles. The van der Waals surface area contributed by atoms with E-state index >= 15 is 0 Å². The Morgan fingerprint density at radius 1 is 0.771 bits per heavy atom. The van der Waals surface area contributed by atoms with E-state index in [1.165, 1.54) is 4.90 Å². The van der Waals surface area contributed by atoms with Crippen LogP contribution >= 0.6 is 0 Å². The minimum absolute atomic E-state index is 0.333. The van der Waals surface area contributed by atoms with Gasteiger partial charge in [0.2, 0.25) is 0 Å². The topological polar surface area (TPSA) is 230 Å². The second-order valence-electron chi connectivity index (χ2n) is 10.4. The highest BCUT2D eigenvalue weighted by Crippen LogP contribution is 2.29. The van der Waals surface area contributed by atoms with Gasteiger partial charge in [0.1, 0.15) is 11.6 Å². The lowest BCUT2D eigenvalue weighted by Gasteiger charge is -2.16. The van der Waals surface area contributed by atoms with Crippen LogP contribution in [-0.2, 0) is 0 Å². The fourth-order valence-corrected chi connectivity index (χ4v) is 4.96. The summed E-state index contributed by atoms with van der Waals surface area (Å²) >= 11 is 0. The monoisotopic (exact) mass is 642 g/mol. The van der Waals surface area contributed by atoms with E-state index in [1.54, 1.807) is 56.0 Å². The number of nitrogens with one attached hydrogen (secondary N) is 4. The molecule has 240 valence electrons. The molecule has 0 aliphatic carbocycles. The average molecular weight is 643 g/mol. The molecule has 0 spiro atoms. The minimum Gasteiger partial charge on any atom is -0.465 e. The zero-order valence-corrected chi connectivity index (χ0v) is 25.5. The van der Waals surface area contributed by atoms with E-state index in [1.807, 2.05) is 48.5 Å². The van der Waals surface area contributed by atoms with Crippen LogP contribution in [0, 0.1) is 0 Å². The highest BCUT2D eigenvalue weighted by atomic mass is 16.4. The normalized spacial score (nSPS) is 10.7. The van der Waals surface area contributed by atoms with Crippen molar-refractivity contribution in [2.45, 2.75) is 6.92 Å². The van der Waals surface area contributed by atoms with Gasteiger partial charge in [-0.1, -0.05) is 12.1 Å². The minimum atomic E-state index is -1.03. The molecule has 9 N–H and O–H groups in total. The molecule has 7 rings (SSSR count). The summed E-state index contributed by atoms with van der Waals surface area (Å²) in [5.41, 5.74) is 17.7. The van der Waals surface area contributed by atoms with Crippen LogP contribution in [0.3, 0.4) is 0 Å². The summed E-state index contributed by atoms with van der Waals surface area (Å²) in [6.07, 6.45) is 5.41. The van der Waals surface area contributed by atoms with Crippen molar-refractivity contribution >= 4 is 62.9 Å². The first-order valence-electron chi connectivity index (χ1n) is 14.7. The zero-order valence-electron chi connectivity index (χ0n) is 25.5. The fourth-order valence-electron chi connectivity index (χ4n) is 4.96. The van der Waals surface area contributed by atoms with Crippen molar-refractivity contribution in [1.29, 1.82) is 0 Å². The molecule has 0 radical (unpaired) electrons. The summed E-state index contributed by atoms with van der Waals surface area (Å²) < 4.78 is 0. The number of hydrogen-bond acceptors (Lipinski definition) is 9. The van der Waals surface area contributed by atoms with E-state index in [0.29, 0.717) is 35.5 Å². The zero-order chi connectivity index (χ0) is 33.6. The highest BCUT2D eigenvalue weighted by Gasteiger charge is 2.14. The van der Waals surface area contributed by atoms with Crippen LogP contribution < -0.4 is 27.0 Å². The number of amides is 3. The number of aromatic nitrogens is 7. The molecule has 5 aromatic heterocycles. The standard InChI is InChI=1S/C18H15N7O.C15H15N5O2/c19-17-14-8-11(3-4-15(14)24-25-17)12-5-7-21-16(9-12)23-18(26)22-13-2-1-6-20-10-13;1-2-20(15(21)22)13-8-10(5-6-17-13)9-3-4-12-11(7-9)14(16)19-18-12/h1-10H,(H3,19,24,25)(H2,21,22,23,26);3-8H,2H2,1H3,(H,21,22)(H3,16,18,19). The van der Waals surface area contributed by atoms with Crippen LogP contribution in [0.2, 0.25) is 0 Å². The predicted octanol–water partition coefficient (Wildman–Crippen LogP) is 5.96. The number of fused-ring (bicyclic) bond motifs is 2. The SMILES string of the molecule is CCN(C(=O)O)c1cc(-c2ccc3[nH]nc(N)c3c2)ccn1.Nc1n[nH]c2ccc(-c3ccnc(NC(=O)Nc4cccnc4)c3)cc12. The summed E-state index contributed by atoms with van der Waals surface area (Å²) in [4.78, 5) is 36.8. The Kier molecular flexibility index (Phi) is 8.73. The van der Waals surface area contributed by atoms with Crippen molar-refractivity contribution in [3.05, 3.63) is 97.6 Å². The maximum Gasteiger partial charge on any atom is 0.412 e. The molecule has 0 bridgehead atoms. The van der Waals surface area contributed by atoms with E-state index in [-0.39, 0.29) is 0 Å². The number of rotatable bonds is 6. The third-order valence-corrected chi connectivity index (χ3v) is 7.34. The first-order valence-corrected chi connectivity index (χ1v) is 14.7. The lowest BCUT2D eigenvalue weighted by molar-refractivity contribution is 0.202. The van der Waals surface area contributed by atoms with Crippen molar-refractivity contribution in [1.82, 2.24) is 35.3 Å². The summed E-state index contributed by atoms with van der Waals surface area (Å²) in [6.45, 7) is 2.10. The van der Waals surface area contributed by atoms with E-state index in [9.17, 15) is 14.7 Å². The number of H-pyrrole nitrogens is 2. The Labute approximate surface area is 273 Å². The van der Waals surface area contributed by atoms with E-state index in [0.717, 1.165) is 44.1 Å². The molecule has 48 heavy (non-hydrogen) atoms. The number of aromatic amines is 2. The van der Waals surface area contributed by atoms with Crippen LogP contribution in [0.5, 0.6) is 0 Å². The molecule has 0 aliphatic rings. The number of hydrogen-bond donors (Lipinski definition) is 7. The van der Waals surface area contributed by atoms with Crippen molar-refractivity contribution in [3.8, 4) is 22.3 Å². The van der Waals surface area contributed by atoms with Crippen LogP contribution in [-0.4, -0.2) is 59.1 Å². The number of carboxylic acid groups (broad SMARTS) is 1. The summed E-state index contributed by atoms with van der Waals surface area (Å²) in [5, 5.41) is 30.0. The van der Waals surface area contributed by atoms with Crippen LogP contribution in [0.15, 0.2) is 97.6 Å².